The summed E-state index contributed by atoms with van der Waals surface area (Å²) in [7, 11) is 0. The molecule has 7 heteroatoms. The molecule has 2 aliphatic carbocycles. The Hall–Kier alpha value is -2.41. The van der Waals surface area contributed by atoms with Crippen LogP contribution in [0.4, 0.5) is 11.4 Å². The normalized spacial score (nSPS) is 32.5. The van der Waals surface area contributed by atoms with Crippen LogP contribution in [0, 0.1) is 33.8 Å². The van der Waals surface area contributed by atoms with Crippen LogP contribution in [0.25, 0.3) is 10.8 Å². The Morgan fingerprint density at radius 2 is 1.69 bits per heavy atom. The molecule has 2 aromatic carbocycles. The number of imide groups is 1. The van der Waals surface area contributed by atoms with Crippen molar-refractivity contribution in [2.75, 3.05) is 4.90 Å². The van der Waals surface area contributed by atoms with Gasteiger partial charge in [-0.3, -0.25) is 19.7 Å². The number of thiol groups is 1. The lowest BCUT2D eigenvalue weighted by Crippen LogP contribution is -2.33. The van der Waals surface area contributed by atoms with Crippen LogP contribution in [0.3, 0.4) is 0 Å². The number of fused-ring (bicyclic) bond motifs is 6. The Morgan fingerprint density at radius 3 is 2.42 bits per heavy atom. The van der Waals surface area contributed by atoms with E-state index in [0.29, 0.717) is 16.5 Å². The minimum atomic E-state index is -0.444. The molecular weight excluding hydrogens is 352 g/mol. The molecule has 26 heavy (non-hydrogen) atoms. The Labute approximate surface area is 154 Å². The van der Waals surface area contributed by atoms with Crippen LogP contribution in [0.1, 0.15) is 12.8 Å². The van der Waals surface area contributed by atoms with Gasteiger partial charge >= 0.3 is 0 Å². The predicted molar refractivity (Wildman–Crippen MR) is 99.1 cm³/mol. The van der Waals surface area contributed by atoms with Gasteiger partial charge in [-0.2, -0.15) is 12.6 Å². The smallest absolute Gasteiger partial charge is 0.274 e. The van der Waals surface area contributed by atoms with E-state index < -0.39 is 4.92 Å². The van der Waals surface area contributed by atoms with E-state index in [0.717, 1.165) is 12.8 Å². The van der Waals surface area contributed by atoms with Crippen molar-refractivity contribution in [3.8, 4) is 0 Å². The van der Waals surface area contributed by atoms with Crippen LogP contribution in [0.2, 0.25) is 0 Å². The van der Waals surface area contributed by atoms with Gasteiger partial charge in [0.05, 0.1) is 27.8 Å². The first-order valence-corrected chi connectivity index (χ1v) is 9.22. The second-order valence-corrected chi connectivity index (χ2v) is 8.10. The Balaban J connectivity index is 1.66. The third-order valence-corrected chi connectivity index (χ3v) is 6.89. The molecular formula is C19H16N2O4S. The fraction of sp³-hybridized carbons (Fsp3) is 0.368. The minimum absolute atomic E-state index is 0.0286. The molecule has 132 valence electrons. The lowest BCUT2D eigenvalue weighted by Gasteiger charge is -2.24. The number of nitrogens with zero attached hydrogens (tertiary/aromatic N) is 2. The van der Waals surface area contributed by atoms with E-state index >= 15 is 0 Å². The molecule has 5 rings (SSSR count). The van der Waals surface area contributed by atoms with Gasteiger partial charge in [0.15, 0.2) is 0 Å². The number of amides is 2. The highest BCUT2D eigenvalue weighted by molar-refractivity contribution is 7.81. The molecule has 0 N–H and O–H groups in total. The van der Waals surface area contributed by atoms with Gasteiger partial charge in [-0.05, 0) is 36.8 Å². The Bertz CT molecular complexity index is 991. The number of non-ortho nitro benzene ring substituents is 1. The maximum atomic E-state index is 13.1. The topological polar surface area (TPSA) is 80.5 Å². The van der Waals surface area contributed by atoms with E-state index in [1.54, 1.807) is 24.3 Å². The van der Waals surface area contributed by atoms with Crippen LogP contribution in [0.5, 0.6) is 0 Å². The number of carbonyl (C=O) groups is 2. The summed E-state index contributed by atoms with van der Waals surface area (Å²) in [6, 6.07) is 9.75. The van der Waals surface area contributed by atoms with E-state index in [2.05, 4.69) is 12.6 Å². The van der Waals surface area contributed by atoms with Crippen LogP contribution in [0.15, 0.2) is 36.4 Å². The maximum absolute atomic E-state index is 13.1. The summed E-state index contributed by atoms with van der Waals surface area (Å²) >= 11 is 4.60. The van der Waals surface area contributed by atoms with E-state index in [4.69, 9.17) is 0 Å². The van der Waals surface area contributed by atoms with Crippen molar-refractivity contribution in [3.63, 3.8) is 0 Å². The van der Waals surface area contributed by atoms with E-state index in [9.17, 15) is 19.7 Å². The summed E-state index contributed by atoms with van der Waals surface area (Å²) < 4.78 is 0. The highest BCUT2D eigenvalue weighted by Gasteiger charge is 2.63. The predicted octanol–water partition coefficient (Wildman–Crippen LogP) is 3.19. The number of hydrogen-bond donors (Lipinski definition) is 1. The second kappa shape index (κ2) is 5.30. The van der Waals surface area contributed by atoms with Crippen LogP contribution >= 0.6 is 12.6 Å². The maximum Gasteiger partial charge on any atom is 0.277 e. The number of rotatable bonds is 2. The molecule has 0 aromatic heterocycles. The average Bonchev–Trinajstić information content (AvgIpc) is 3.25. The van der Waals surface area contributed by atoms with Gasteiger partial charge in [0.25, 0.3) is 5.69 Å². The zero-order valence-electron chi connectivity index (χ0n) is 13.7. The first-order valence-electron chi connectivity index (χ1n) is 8.71. The zero-order chi connectivity index (χ0) is 18.2. The molecule has 3 fully saturated rings. The van der Waals surface area contributed by atoms with Crippen molar-refractivity contribution in [1.29, 1.82) is 0 Å². The molecule has 2 bridgehead atoms. The fourth-order valence-corrected chi connectivity index (χ4v) is 5.86. The van der Waals surface area contributed by atoms with Gasteiger partial charge in [-0.15, -0.1) is 0 Å². The number of carbonyl (C=O) groups excluding carboxylic acids is 2. The molecule has 6 nitrogen and oxygen atoms in total. The Kier molecular flexibility index (Phi) is 3.22. The van der Waals surface area contributed by atoms with Gasteiger partial charge in [-0.25, -0.2) is 4.90 Å². The van der Waals surface area contributed by atoms with Gasteiger partial charge in [0.1, 0.15) is 0 Å². The van der Waals surface area contributed by atoms with Crippen molar-refractivity contribution < 1.29 is 14.5 Å². The highest BCUT2D eigenvalue weighted by atomic mass is 32.1. The summed E-state index contributed by atoms with van der Waals surface area (Å²) in [5, 5.41) is 12.5. The van der Waals surface area contributed by atoms with E-state index in [1.807, 2.05) is 0 Å². The standard InChI is InChI=1S/C19H16N2O4S/c22-18-16-9-7-12(15(26)8-9)17(16)19(23)20(18)13-5-6-14(21(24)25)11-4-2-1-3-10(11)13/h1-6,9,12,15-17,26H,7-8H2/t9?,12?,15-,16-,17+/m0/s1. The Morgan fingerprint density at radius 1 is 1.00 bits per heavy atom. The lowest BCUT2D eigenvalue weighted by atomic mass is 9.81. The quantitative estimate of drug-likeness (QED) is 0.382. The average molecular weight is 368 g/mol. The molecule has 1 saturated heterocycles. The number of nitro groups is 1. The van der Waals surface area contributed by atoms with Gasteiger partial charge in [-0.1, -0.05) is 18.2 Å². The summed E-state index contributed by atoms with van der Waals surface area (Å²) in [5.74, 6) is -0.517. The van der Waals surface area contributed by atoms with Crippen molar-refractivity contribution in [2.24, 2.45) is 23.7 Å². The van der Waals surface area contributed by atoms with Crippen LogP contribution in [-0.4, -0.2) is 22.0 Å². The fourth-order valence-electron chi connectivity index (χ4n) is 5.28. The number of benzene rings is 2. The molecule has 2 aromatic rings. The van der Waals surface area contributed by atoms with Crippen molar-refractivity contribution >= 4 is 46.6 Å². The molecule has 1 heterocycles. The third-order valence-electron chi connectivity index (χ3n) is 6.30. The number of hydrogen-bond acceptors (Lipinski definition) is 5. The SMILES string of the molecule is O=C1[C@@H]2C3CC(C[C@@H]3S)[C@@H]2C(=O)N1c1ccc([N+](=O)[O-])c2ccccc12. The first-order chi connectivity index (χ1) is 12.5. The van der Waals surface area contributed by atoms with Gasteiger partial charge in [0, 0.05) is 16.7 Å². The summed E-state index contributed by atoms with van der Waals surface area (Å²) in [6.45, 7) is 0. The van der Waals surface area contributed by atoms with E-state index in [1.165, 1.54) is 17.0 Å². The molecule has 0 spiro atoms. The van der Waals surface area contributed by atoms with Crippen LogP contribution < -0.4 is 4.90 Å². The summed E-state index contributed by atoms with van der Waals surface area (Å²) in [4.78, 5) is 38.4. The van der Waals surface area contributed by atoms with Crippen molar-refractivity contribution in [1.82, 2.24) is 0 Å². The minimum Gasteiger partial charge on any atom is -0.274 e. The molecule has 1 aliphatic heterocycles. The number of anilines is 1. The van der Waals surface area contributed by atoms with Crippen molar-refractivity contribution in [3.05, 3.63) is 46.5 Å². The molecule has 5 atom stereocenters. The zero-order valence-corrected chi connectivity index (χ0v) is 14.6. The summed E-state index contributed by atoms with van der Waals surface area (Å²) in [5.41, 5.74) is 0.421. The third kappa shape index (κ3) is 1.89. The van der Waals surface area contributed by atoms with Crippen LogP contribution in [-0.2, 0) is 9.59 Å². The van der Waals surface area contributed by atoms with Gasteiger partial charge in [0.2, 0.25) is 11.8 Å². The molecule has 0 radical (unpaired) electrons. The molecule has 2 saturated carbocycles. The van der Waals surface area contributed by atoms with Crippen molar-refractivity contribution in [2.45, 2.75) is 18.1 Å². The molecule has 2 amide bonds. The highest BCUT2D eigenvalue weighted by Crippen LogP contribution is 2.58. The monoisotopic (exact) mass is 368 g/mol. The second-order valence-electron chi connectivity index (χ2n) is 7.43. The first kappa shape index (κ1) is 15.8. The summed E-state index contributed by atoms with van der Waals surface area (Å²) in [6.07, 6.45) is 1.78. The van der Waals surface area contributed by atoms with Gasteiger partial charge < -0.3 is 0 Å². The lowest BCUT2D eigenvalue weighted by molar-refractivity contribution is -0.383. The molecule has 3 aliphatic rings. The molecule has 2 unspecified atom stereocenters. The van der Waals surface area contributed by atoms with E-state index in [-0.39, 0.29) is 46.4 Å². The largest absolute Gasteiger partial charge is 0.277 e. The number of nitro benzene ring substituents is 1.